The van der Waals surface area contributed by atoms with E-state index >= 15 is 0 Å². The fourth-order valence-electron chi connectivity index (χ4n) is 3.94. The van der Waals surface area contributed by atoms with Crippen LogP contribution in [-0.2, 0) is 5.41 Å². The van der Waals surface area contributed by atoms with Crippen LogP contribution >= 0.6 is 0 Å². The molecule has 1 unspecified atom stereocenters. The van der Waals surface area contributed by atoms with Crippen molar-refractivity contribution in [3.05, 3.63) is 27.9 Å². The molecule has 0 spiro atoms. The zero-order chi connectivity index (χ0) is 18.0. The molecule has 6 nitrogen and oxygen atoms in total. The molecule has 1 aliphatic heterocycles. The quantitative estimate of drug-likeness (QED) is 0.875. The topological polar surface area (TPSA) is 78.1 Å². The minimum Gasteiger partial charge on any atom is -0.350 e. The summed E-state index contributed by atoms with van der Waals surface area (Å²) in [4.78, 5) is 33.3. The summed E-state index contributed by atoms with van der Waals surface area (Å²) in [5, 5.41) is 2.98. The number of aromatic amines is 1. The van der Waals surface area contributed by atoms with Gasteiger partial charge in [-0.3, -0.25) is 4.79 Å². The van der Waals surface area contributed by atoms with E-state index in [9.17, 15) is 9.59 Å². The minimum atomic E-state index is -0.467. The van der Waals surface area contributed by atoms with Crippen LogP contribution in [0.1, 0.15) is 69.1 Å². The number of rotatable bonds is 4. The molecule has 6 heteroatoms. The Balaban J connectivity index is 1.56. The molecule has 0 aromatic carbocycles. The number of nitrogens with one attached hydrogen (secondary N) is 2. The summed E-state index contributed by atoms with van der Waals surface area (Å²) in [6, 6.07) is 2.44. The highest BCUT2D eigenvalue weighted by Crippen LogP contribution is 2.28. The van der Waals surface area contributed by atoms with Gasteiger partial charge < -0.3 is 15.2 Å². The molecule has 2 N–H and O–H groups in total. The highest BCUT2D eigenvalue weighted by atomic mass is 16.2. The van der Waals surface area contributed by atoms with Crippen molar-refractivity contribution in [2.45, 2.75) is 64.3 Å². The Morgan fingerprint density at radius 1 is 1.32 bits per heavy atom. The van der Waals surface area contributed by atoms with Crippen molar-refractivity contribution in [2.75, 3.05) is 19.6 Å². The maximum absolute atomic E-state index is 12.4. The third-order valence-corrected chi connectivity index (χ3v) is 5.49. The first-order valence-corrected chi connectivity index (χ1v) is 9.47. The molecule has 1 saturated carbocycles. The first kappa shape index (κ1) is 18.1. The molecule has 1 amide bonds. The van der Waals surface area contributed by atoms with Gasteiger partial charge in [0.1, 0.15) is 5.69 Å². The summed E-state index contributed by atoms with van der Waals surface area (Å²) in [5.74, 6) is 0.240. The van der Waals surface area contributed by atoms with Crippen LogP contribution in [0.25, 0.3) is 0 Å². The largest absolute Gasteiger partial charge is 0.350 e. The van der Waals surface area contributed by atoms with Crippen molar-refractivity contribution in [3.63, 3.8) is 0 Å². The van der Waals surface area contributed by atoms with Gasteiger partial charge in [0, 0.05) is 30.2 Å². The van der Waals surface area contributed by atoms with Gasteiger partial charge in [-0.1, -0.05) is 33.6 Å². The van der Waals surface area contributed by atoms with Gasteiger partial charge >= 0.3 is 5.69 Å². The van der Waals surface area contributed by atoms with E-state index in [1.807, 2.05) is 20.8 Å². The summed E-state index contributed by atoms with van der Waals surface area (Å²) in [6.45, 7) is 8.85. The molecule has 2 heterocycles. The Labute approximate surface area is 149 Å². The number of aromatic nitrogens is 2. The maximum Gasteiger partial charge on any atom is 0.345 e. The lowest BCUT2D eigenvalue weighted by atomic mass is 9.91. The zero-order valence-corrected chi connectivity index (χ0v) is 15.6. The van der Waals surface area contributed by atoms with Crippen LogP contribution < -0.4 is 11.0 Å². The number of nitrogens with zero attached hydrogens (tertiary/aromatic N) is 2. The summed E-state index contributed by atoms with van der Waals surface area (Å²) < 4.78 is 0. The molecule has 1 aliphatic carbocycles. The van der Waals surface area contributed by atoms with Crippen molar-refractivity contribution in [2.24, 2.45) is 5.92 Å². The molecule has 3 rings (SSSR count). The average molecular weight is 346 g/mol. The molecule has 0 bridgehead atoms. The predicted octanol–water partition coefficient (Wildman–Crippen LogP) is 2.06. The van der Waals surface area contributed by atoms with Crippen LogP contribution in [0.15, 0.2) is 10.9 Å². The van der Waals surface area contributed by atoms with E-state index in [0.29, 0.717) is 12.5 Å². The summed E-state index contributed by atoms with van der Waals surface area (Å²) >= 11 is 0. The van der Waals surface area contributed by atoms with Crippen LogP contribution in [-0.4, -0.2) is 46.5 Å². The minimum absolute atomic E-state index is 0.208. The predicted molar refractivity (Wildman–Crippen MR) is 97.8 cm³/mol. The molecule has 1 atom stereocenters. The molecule has 138 valence electrons. The number of likely N-dealkylation sites (tertiary alicyclic amines) is 1. The van der Waals surface area contributed by atoms with Gasteiger partial charge in [0.05, 0.1) is 0 Å². The second-order valence-corrected chi connectivity index (χ2v) is 8.53. The Kier molecular flexibility index (Phi) is 5.27. The fourth-order valence-corrected chi connectivity index (χ4v) is 3.94. The van der Waals surface area contributed by atoms with Gasteiger partial charge in [-0.15, -0.1) is 0 Å². The molecular weight excluding hydrogens is 316 g/mol. The van der Waals surface area contributed by atoms with Crippen molar-refractivity contribution < 1.29 is 4.79 Å². The van der Waals surface area contributed by atoms with E-state index in [0.717, 1.165) is 31.2 Å². The molecule has 1 aromatic heterocycles. The molecule has 2 aliphatic rings. The lowest BCUT2D eigenvalue weighted by molar-refractivity contribution is 0.0941. The number of amides is 1. The van der Waals surface area contributed by atoms with Crippen molar-refractivity contribution in [1.29, 1.82) is 0 Å². The molecule has 2 fully saturated rings. The first-order valence-electron chi connectivity index (χ1n) is 9.47. The number of carbonyl (C=O) groups is 1. The monoisotopic (exact) mass is 346 g/mol. The van der Waals surface area contributed by atoms with Gasteiger partial charge in [-0.05, 0) is 37.8 Å². The van der Waals surface area contributed by atoms with Gasteiger partial charge in [-0.2, -0.15) is 4.98 Å². The van der Waals surface area contributed by atoms with Crippen LogP contribution in [0.4, 0.5) is 0 Å². The van der Waals surface area contributed by atoms with Gasteiger partial charge in [-0.25, -0.2) is 4.79 Å². The summed E-state index contributed by atoms with van der Waals surface area (Å²) in [5.41, 5.74) is 0.237. The second kappa shape index (κ2) is 7.28. The van der Waals surface area contributed by atoms with Crippen LogP contribution in [0, 0.1) is 5.92 Å². The molecular formula is C19H30N4O2. The van der Waals surface area contributed by atoms with E-state index < -0.39 is 5.69 Å². The molecule has 0 radical (unpaired) electrons. The highest BCUT2D eigenvalue weighted by Gasteiger charge is 2.30. The van der Waals surface area contributed by atoms with E-state index in [1.54, 1.807) is 6.07 Å². The van der Waals surface area contributed by atoms with E-state index in [1.165, 1.54) is 25.7 Å². The first-order chi connectivity index (χ1) is 11.8. The van der Waals surface area contributed by atoms with Crippen molar-refractivity contribution in [1.82, 2.24) is 20.2 Å². The Hall–Kier alpha value is -1.69. The van der Waals surface area contributed by atoms with Gasteiger partial charge in [0.2, 0.25) is 0 Å². The average Bonchev–Trinajstić information content (AvgIpc) is 3.22. The number of H-pyrrole nitrogens is 1. The number of hydrogen-bond donors (Lipinski definition) is 2. The number of carbonyl (C=O) groups excluding carboxylic acids is 1. The van der Waals surface area contributed by atoms with Crippen LogP contribution in [0.5, 0.6) is 0 Å². The Bertz CT molecular complexity index is 671. The molecule has 1 saturated heterocycles. The molecule has 1 aromatic rings. The third kappa shape index (κ3) is 4.48. The maximum atomic E-state index is 12.4. The fraction of sp³-hybridized carbons (Fsp3) is 0.737. The zero-order valence-electron chi connectivity index (χ0n) is 15.6. The van der Waals surface area contributed by atoms with Crippen molar-refractivity contribution in [3.8, 4) is 0 Å². The summed E-state index contributed by atoms with van der Waals surface area (Å²) in [6.07, 6.45) is 6.49. The van der Waals surface area contributed by atoms with Gasteiger partial charge in [0.15, 0.2) is 0 Å². The second-order valence-electron chi connectivity index (χ2n) is 8.53. The smallest absolute Gasteiger partial charge is 0.345 e. The Morgan fingerprint density at radius 2 is 2.04 bits per heavy atom. The van der Waals surface area contributed by atoms with Crippen LogP contribution in [0.2, 0.25) is 0 Å². The van der Waals surface area contributed by atoms with Crippen molar-refractivity contribution >= 4 is 5.91 Å². The van der Waals surface area contributed by atoms with E-state index in [2.05, 4.69) is 20.2 Å². The normalized spacial score (nSPS) is 22.4. The van der Waals surface area contributed by atoms with Gasteiger partial charge in [0.25, 0.3) is 5.91 Å². The lowest BCUT2D eigenvalue weighted by Crippen LogP contribution is -2.35. The summed E-state index contributed by atoms with van der Waals surface area (Å²) in [7, 11) is 0. The SMILES string of the molecule is CC(C)(C)c1cc(C(=O)NCC2CCN(C3CCCC3)C2)nc(=O)[nH]1. The third-order valence-electron chi connectivity index (χ3n) is 5.49. The lowest BCUT2D eigenvalue weighted by Gasteiger charge is -2.23. The van der Waals surface area contributed by atoms with Crippen LogP contribution in [0.3, 0.4) is 0 Å². The highest BCUT2D eigenvalue weighted by molar-refractivity contribution is 5.92. The van der Waals surface area contributed by atoms with E-state index in [-0.39, 0.29) is 17.0 Å². The number of hydrogen-bond acceptors (Lipinski definition) is 4. The molecule has 25 heavy (non-hydrogen) atoms. The van der Waals surface area contributed by atoms with E-state index in [4.69, 9.17) is 0 Å². The standard InChI is InChI=1S/C19H30N4O2/c1-19(2,3)16-10-15(21-18(25)22-16)17(24)20-11-13-8-9-23(12-13)14-6-4-5-7-14/h10,13-14H,4-9,11-12H2,1-3H3,(H,20,24)(H,21,22,25). The Morgan fingerprint density at radius 3 is 2.72 bits per heavy atom.